The van der Waals surface area contributed by atoms with Crippen LogP contribution in [-0.4, -0.2) is 20.9 Å². The van der Waals surface area contributed by atoms with Crippen LogP contribution in [-0.2, 0) is 13.9 Å². The summed E-state index contributed by atoms with van der Waals surface area (Å²) in [5.41, 5.74) is 1.71. The lowest BCUT2D eigenvalue weighted by Crippen LogP contribution is -2.02. The number of hydrogen-bond donors (Lipinski definition) is 3. The zero-order valence-electron chi connectivity index (χ0n) is 5.22. The second-order valence-corrected chi connectivity index (χ2v) is 2.56. The number of carboxylic acids is 1. The summed E-state index contributed by atoms with van der Waals surface area (Å²) in [5.74, 6) is -2.64. The molecule has 6 nitrogen and oxygen atoms in total. The summed E-state index contributed by atoms with van der Waals surface area (Å²) in [6, 6.07) is 0. The number of hydrogen-bond acceptors (Lipinski definition) is 3. The molecule has 62 valence electrons. The van der Waals surface area contributed by atoms with Gasteiger partial charge in [-0.15, -0.1) is 0 Å². The Morgan fingerprint density at radius 2 is 2.00 bits per heavy atom. The normalized spacial score (nSPS) is 10.0. The first-order valence-corrected chi connectivity index (χ1v) is 3.78. The minimum Gasteiger partial charge on any atom is -0.475 e. The third-order valence-corrected chi connectivity index (χ3v) is 0.985. The molecule has 0 aliphatic carbocycles. The van der Waals surface area contributed by atoms with Crippen LogP contribution in [0.25, 0.3) is 0 Å². The van der Waals surface area contributed by atoms with Gasteiger partial charge in [-0.1, -0.05) is 12.3 Å². The van der Waals surface area contributed by atoms with Gasteiger partial charge in [-0.25, -0.2) is 9.36 Å². The highest BCUT2D eigenvalue weighted by atomic mass is 31.2. The van der Waals surface area contributed by atoms with Crippen LogP contribution in [0.3, 0.4) is 0 Å². The van der Waals surface area contributed by atoms with E-state index in [-0.39, 0.29) is 0 Å². The van der Waals surface area contributed by atoms with Crippen molar-refractivity contribution in [2.75, 3.05) is 0 Å². The molecule has 11 heavy (non-hydrogen) atoms. The first-order chi connectivity index (χ1) is 4.87. The molecule has 0 saturated carbocycles. The van der Waals surface area contributed by atoms with Crippen molar-refractivity contribution in [3.63, 3.8) is 0 Å². The van der Waals surface area contributed by atoms with E-state index in [0.29, 0.717) is 0 Å². The quantitative estimate of drug-likeness (QED) is 0.241. The molecule has 0 atom stereocenters. The summed E-state index contributed by atoms with van der Waals surface area (Å²) in [7, 11) is -4.81. The highest BCUT2D eigenvalue weighted by Gasteiger charge is 2.21. The molecule has 0 saturated heterocycles. The van der Waals surface area contributed by atoms with E-state index in [4.69, 9.17) is 14.9 Å². The van der Waals surface area contributed by atoms with Crippen molar-refractivity contribution in [1.29, 1.82) is 0 Å². The predicted octanol–water partition coefficient (Wildman–Crippen LogP) is -0.151. The van der Waals surface area contributed by atoms with Crippen molar-refractivity contribution in [3.8, 4) is 0 Å². The summed E-state index contributed by atoms with van der Waals surface area (Å²) in [5, 5.41) is 8.13. The molecule has 0 aliphatic heterocycles. The average Bonchev–Trinajstić information content (AvgIpc) is 1.80. The topological polar surface area (TPSA) is 104 Å². The fourth-order valence-corrected chi connectivity index (χ4v) is 0.646. The Morgan fingerprint density at radius 1 is 1.55 bits per heavy atom. The zero-order chi connectivity index (χ0) is 9.07. The first-order valence-electron chi connectivity index (χ1n) is 2.25. The van der Waals surface area contributed by atoms with Crippen LogP contribution in [0.1, 0.15) is 0 Å². The molecule has 0 spiro atoms. The van der Waals surface area contributed by atoms with Gasteiger partial charge in [-0.05, 0) is 0 Å². The zero-order valence-corrected chi connectivity index (χ0v) is 6.12. The van der Waals surface area contributed by atoms with Gasteiger partial charge < -0.3 is 9.63 Å². The van der Waals surface area contributed by atoms with Crippen molar-refractivity contribution in [3.05, 3.63) is 18.1 Å². The minimum atomic E-state index is -4.81. The third kappa shape index (κ3) is 4.36. The molecule has 0 heterocycles. The predicted molar refractivity (Wildman–Crippen MR) is 33.4 cm³/mol. The second-order valence-electron chi connectivity index (χ2n) is 1.39. The number of aliphatic carboxylic acids is 1. The van der Waals surface area contributed by atoms with Gasteiger partial charge in [0.15, 0.2) is 0 Å². The van der Waals surface area contributed by atoms with E-state index in [1.165, 1.54) is 0 Å². The monoisotopic (exact) mass is 180 g/mol. The van der Waals surface area contributed by atoms with Crippen LogP contribution in [0, 0.1) is 0 Å². The fourth-order valence-electron chi connectivity index (χ4n) is 0.266. The molecular weight excluding hydrogens is 175 g/mol. The standard InChI is InChI=1S/C4H5O6P/c1-2-3(4(5)6)10-11(7,8)9/h1H2,(H,5,6)(H2,7,8,9). The fraction of sp³-hybridized carbons (Fsp3) is 0. The lowest BCUT2D eigenvalue weighted by molar-refractivity contribution is -0.135. The van der Waals surface area contributed by atoms with Gasteiger partial charge >= 0.3 is 13.8 Å². The Balaban J connectivity index is 4.50. The molecule has 0 aromatic rings. The molecule has 0 radical (unpaired) electrons. The van der Waals surface area contributed by atoms with E-state index < -0.39 is 19.6 Å². The maximum atomic E-state index is 10.0. The number of phosphoric acid groups is 1. The third-order valence-electron chi connectivity index (χ3n) is 0.565. The van der Waals surface area contributed by atoms with E-state index in [1.54, 1.807) is 5.73 Å². The molecule has 7 heteroatoms. The van der Waals surface area contributed by atoms with E-state index in [2.05, 4.69) is 11.1 Å². The minimum absolute atomic E-state index is 1.00. The number of phosphoric ester groups is 1. The van der Waals surface area contributed by atoms with Crippen molar-refractivity contribution >= 4 is 13.8 Å². The Kier molecular flexibility index (Phi) is 3.04. The van der Waals surface area contributed by atoms with Crippen LogP contribution >= 0.6 is 7.82 Å². The molecular formula is C4H5O6P. The summed E-state index contributed by atoms with van der Waals surface area (Å²) in [6.45, 7) is 2.86. The Bertz CT molecular complexity index is 256. The van der Waals surface area contributed by atoms with E-state index in [9.17, 15) is 9.36 Å². The van der Waals surface area contributed by atoms with Gasteiger partial charge in [0.1, 0.15) is 0 Å². The maximum absolute atomic E-state index is 10.0. The number of carbonyl (C=O) groups is 1. The molecule has 0 aromatic heterocycles. The summed E-state index contributed by atoms with van der Waals surface area (Å²) < 4.78 is 13.7. The van der Waals surface area contributed by atoms with Gasteiger partial charge in [-0.3, -0.25) is 9.79 Å². The molecule has 3 N–H and O–H groups in total. The van der Waals surface area contributed by atoms with Crippen LogP contribution in [0.15, 0.2) is 18.1 Å². The molecule has 0 unspecified atom stereocenters. The lowest BCUT2D eigenvalue weighted by Gasteiger charge is -2.03. The van der Waals surface area contributed by atoms with E-state index in [0.717, 1.165) is 0 Å². The SMILES string of the molecule is C=C=C(OP(=O)(O)O)C(=O)O. The van der Waals surface area contributed by atoms with Crippen molar-refractivity contribution < 1.29 is 28.8 Å². The van der Waals surface area contributed by atoms with Gasteiger partial charge in [0.2, 0.25) is 0 Å². The largest absolute Gasteiger partial charge is 0.525 e. The van der Waals surface area contributed by atoms with Crippen LogP contribution in [0.4, 0.5) is 0 Å². The molecule has 0 aliphatic rings. The van der Waals surface area contributed by atoms with Gasteiger partial charge in [-0.2, -0.15) is 0 Å². The highest BCUT2D eigenvalue weighted by molar-refractivity contribution is 7.46. The average molecular weight is 180 g/mol. The Morgan fingerprint density at radius 3 is 2.09 bits per heavy atom. The van der Waals surface area contributed by atoms with E-state index in [1.807, 2.05) is 0 Å². The highest BCUT2D eigenvalue weighted by Crippen LogP contribution is 2.38. The first kappa shape index (κ1) is 9.94. The van der Waals surface area contributed by atoms with Crippen LogP contribution in [0.5, 0.6) is 0 Å². The van der Waals surface area contributed by atoms with Crippen molar-refractivity contribution in [1.82, 2.24) is 0 Å². The van der Waals surface area contributed by atoms with Gasteiger partial charge in [0.05, 0.1) is 0 Å². The van der Waals surface area contributed by atoms with Crippen molar-refractivity contribution in [2.45, 2.75) is 0 Å². The number of rotatable bonds is 3. The van der Waals surface area contributed by atoms with Gasteiger partial charge in [0.25, 0.3) is 5.76 Å². The summed E-state index contributed by atoms with van der Waals surface area (Å²) in [4.78, 5) is 26.2. The number of carboxylic acid groups (broad SMARTS) is 1. The molecule has 0 rings (SSSR count). The lowest BCUT2D eigenvalue weighted by atomic mass is 10.5. The smallest absolute Gasteiger partial charge is 0.475 e. The van der Waals surface area contributed by atoms with Crippen LogP contribution in [0.2, 0.25) is 0 Å². The maximum Gasteiger partial charge on any atom is 0.525 e. The van der Waals surface area contributed by atoms with Crippen LogP contribution < -0.4 is 0 Å². The summed E-state index contributed by atoms with van der Waals surface area (Å²) in [6.07, 6.45) is 0. The Labute approximate surface area is 61.7 Å². The Hall–Kier alpha value is -1.06. The van der Waals surface area contributed by atoms with E-state index >= 15 is 0 Å². The molecule has 0 amide bonds. The van der Waals surface area contributed by atoms with Crippen molar-refractivity contribution in [2.24, 2.45) is 0 Å². The van der Waals surface area contributed by atoms with Gasteiger partial charge in [0, 0.05) is 0 Å². The molecule has 0 aromatic carbocycles. The summed E-state index contributed by atoms with van der Waals surface area (Å²) >= 11 is 0. The molecule has 0 fully saturated rings. The molecule has 0 bridgehead atoms. The second kappa shape index (κ2) is 3.37.